The number of benzene rings is 2. The molecule has 0 fully saturated rings. The zero-order valence-electron chi connectivity index (χ0n) is 21.2. The smallest absolute Gasteiger partial charge is 0.0572 e. The van der Waals surface area contributed by atoms with Gasteiger partial charge in [-0.1, -0.05) is 58.0 Å². The minimum atomic E-state index is 0.347. The van der Waals surface area contributed by atoms with E-state index in [2.05, 4.69) is 120 Å². The van der Waals surface area contributed by atoms with Crippen molar-refractivity contribution in [1.82, 2.24) is 19.1 Å². The SMILES string of the molecule is CC(C)c1cc(-n2c3ccncc3c3cnccc32)cc(C(C)C)c1-n1cccc1-c1ccccc1. The van der Waals surface area contributed by atoms with Crippen molar-refractivity contribution in [2.75, 3.05) is 0 Å². The summed E-state index contributed by atoms with van der Waals surface area (Å²) in [5.74, 6) is 0.694. The number of hydrogen-bond donors (Lipinski definition) is 0. The fourth-order valence-corrected chi connectivity index (χ4v) is 5.36. The topological polar surface area (TPSA) is 35.6 Å². The van der Waals surface area contributed by atoms with Gasteiger partial charge in [0, 0.05) is 47.4 Å². The highest BCUT2D eigenvalue weighted by molar-refractivity contribution is 6.08. The van der Waals surface area contributed by atoms with Gasteiger partial charge in [0.2, 0.25) is 0 Å². The fraction of sp³-hybridized carbons (Fsp3) is 0.188. The molecule has 0 aliphatic rings. The molecule has 6 aromatic rings. The van der Waals surface area contributed by atoms with Gasteiger partial charge < -0.3 is 9.13 Å². The van der Waals surface area contributed by atoms with Crippen molar-refractivity contribution in [3.05, 3.63) is 109 Å². The lowest BCUT2D eigenvalue weighted by atomic mass is 9.91. The summed E-state index contributed by atoms with van der Waals surface area (Å²) in [6.07, 6.45) is 9.84. The Balaban J connectivity index is 1.67. The molecule has 36 heavy (non-hydrogen) atoms. The Labute approximate surface area is 211 Å². The molecule has 0 aliphatic carbocycles. The number of pyridine rings is 2. The molecule has 0 N–H and O–H groups in total. The molecule has 0 radical (unpaired) electrons. The van der Waals surface area contributed by atoms with Crippen LogP contribution in [0.25, 0.3) is 44.4 Å². The highest BCUT2D eigenvalue weighted by Gasteiger charge is 2.21. The molecule has 6 rings (SSSR count). The van der Waals surface area contributed by atoms with E-state index in [1.54, 1.807) is 0 Å². The minimum Gasteiger partial charge on any atom is -0.316 e. The van der Waals surface area contributed by atoms with E-state index >= 15 is 0 Å². The van der Waals surface area contributed by atoms with Gasteiger partial charge >= 0.3 is 0 Å². The van der Waals surface area contributed by atoms with Crippen molar-refractivity contribution in [2.45, 2.75) is 39.5 Å². The van der Waals surface area contributed by atoms with E-state index in [9.17, 15) is 0 Å². The quantitative estimate of drug-likeness (QED) is 0.254. The minimum absolute atomic E-state index is 0.347. The van der Waals surface area contributed by atoms with Crippen LogP contribution in [0.4, 0.5) is 0 Å². The molecule has 4 heteroatoms. The third-order valence-corrected chi connectivity index (χ3v) is 7.08. The van der Waals surface area contributed by atoms with Crippen LogP contribution in [0, 0.1) is 0 Å². The lowest BCUT2D eigenvalue weighted by Crippen LogP contribution is -2.10. The first-order chi connectivity index (χ1) is 17.5. The number of hydrogen-bond acceptors (Lipinski definition) is 2. The Kier molecular flexibility index (Phi) is 5.45. The van der Waals surface area contributed by atoms with Crippen LogP contribution in [0.2, 0.25) is 0 Å². The summed E-state index contributed by atoms with van der Waals surface area (Å²) in [7, 11) is 0. The van der Waals surface area contributed by atoms with E-state index in [-0.39, 0.29) is 0 Å². The van der Waals surface area contributed by atoms with Crippen LogP contribution in [-0.4, -0.2) is 19.1 Å². The molecule has 2 aromatic carbocycles. The van der Waals surface area contributed by atoms with Crippen molar-refractivity contribution in [1.29, 1.82) is 0 Å². The molecule has 0 saturated heterocycles. The average Bonchev–Trinajstić information content (AvgIpc) is 3.51. The largest absolute Gasteiger partial charge is 0.316 e. The fourth-order valence-electron chi connectivity index (χ4n) is 5.36. The lowest BCUT2D eigenvalue weighted by molar-refractivity contribution is 0.805. The Morgan fingerprint density at radius 3 is 1.81 bits per heavy atom. The predicted octanol–water partition coefficient (Wildman–Crippen LogP) is 8.28. The van der Waals surface area contributed by atoms with Crippen molar-refractivity contribution in [2.24, 2.45) is 0 Å². The molecule has 178 valence electrons. The molecule has 0 amide bonds. The molecule has 0 aliphatic heterocycles. The van der Waals surface area contributed by atoms with Crippen LogP contribution in [-0.2, 0) is 0 Å². The van der Waals surface area contributed by atoms with Gasteiger partial charge in [0.15, 0.2) is 0 Å². The summed E-state index contributed by atoms with van der Waals surface area (Å²) >= 11 is 0. The predicted molar refractivity (Wildman–Crippen MR) is 149 cm³/mol. The Bertz CT molecular complexity index is 1600. The maximum atomic E-state index is 4.40. The summed E-state index contributed by atoms with van der Waals surface area (Å²) in [5.41, 5.74) is 9.87. The second-order valence-electron chi connectivity index (χ2n) is 10.0. The Morgan fingerprint density at radius 2 is 1.25 bits per heavy atom. The average molecular weight is 471 g/mol. The molecule has 0 unspecified atom stereocenters. The maximum absolute atomic E-state index is 4.40. The standard InChI is InChI=1S/C32H30N4/c1-21(2)25-17-24(36-30-12-14-33-19-27(30)28-20-34-15-13-31(28)36)18-26(22(3)4)32(25)35-16-8-11-29(35)23-9-6-5-7-10-23/h5-22H,1-4H3. The second-order valence-corrected chi connectivity index (χ2v) is 10.0. The molecule has 0 spiro atoms. The summed E-state index contributed by atoms with van der Waals surface area (Å²) in [6.45, 7) is 9.16. The van der Waals surface area contributed by atoms with Crippen LogP contribution in [0.15, 0.2) is 97.7 Å². The van der Waals surface area contributed by atoms with Crippen molar-refractivity contribution < 1.29 is 0 Å². The van der Waals surface area contributed by atoms with E-state index in [0.29, 0.717) is 11.8 Å². The van der Waals surface area contributed by atoms with Gasteiger partial charge in [0.25, 0.3) is 0 Å². The number of aromatic nitrogens is 4. The van der Waals surface area contributed by atoms with Crippen LogP contribution in [0.1, 0.15) is 50.7 Å². The summed E-state index contributed by atoms with van der Waals surface area (Å²) in [5, 5.41) is 2.25. The van der Waals surface area contributed by atoms with E-state index < -0.39 is 0 Å². The zero-order chi connectivity index (χ0) is 24.8. The van der Waals surface area contributed by atoms with Crippen molar-refractivity contribution >= 4 is 21.8 Å². The molecular formula is C32H30N4. The van der Waals surface area contributed by atoms with Crippen molar-refractivity contribution in [3.8, 4) is 22.6 Å². The molecule has 4 aromatic heterocycles. The first-order valence-electron chi connectivity index (χ1n) is 12.6. The zero-order valence-corrected chi connectivity index (χ0v) is 21.2. The number of rotatable bonds is 5. The Hall–Kier alpha value is -4.18. The van der Waals surface area contributed by atoms with E-state index in [1.165, 1.54) is 33.8 Å². The van der Waals surface area contributed by atoms with Gasteiger partial charge in [0.1, 0.15) is 0 Å². The van der Waals surface area contributed by atoms with Gasteiger partial charge in [-0.3, -0.25) is 9.97 Å². The van der Waals surface area contributed by atoms with Gasteiger partial charge in [-0.15, -0.1) is 0 Å². The van der Waals surface area contributed by atoms with Crippen molar-refractivity contribution in [3.63, 3.8) is 0 Å². The second kappa shape index (κ2) is 8.80. The van der Waals surface area contributed by atoms with Crippen LogP contribution >= 0.6 is 0 Å². The highest BCUT2D eigenvalue weighted by Crippen LogP contribution is 2.39. The van der Waals surface area contributed by atoms with E-state index in [1.807, 2.05) is 24.8 Å². The third-order valence-electron chi connectivity index (χ3n) is 7.08. The molecule has 0 bridgehead atoms. The third kappa shape index (κ3) is 3.53. The van der Waals surface area contributed by atoms with Crippen LogP contribution < -0.4 is 0 Å². The molecule has 4 heterocycles. The van der Waals surface area contributed by atoms with Crippen LogP contribution in [0.5, 0.6) is 0 Å². The molecule has 0 atom stereocenters. The van der Waals surface area contributed by atoms with Gasteiger partial charge in [-0.05, 0) is 64.9 Å². The first-order valence-corrected chi connectivity index (χ1v) is 12.6. The Morgan fingerprint density at radius 1 is 0.667 bits per heavy atom. The summed E-state index contributed by atoms with van der Waals surface area (Å²) in [6, 6.07) is 24.0. The highest BCUT2D eigenvalue weighted by atomic mass is 15.0. The normalized spacial score (nSPS) is 11.8. The van der Waals surface area contributed by atoms with E-state index in [0.717, 1.165) is 21.8 Å². The number of fused-ring (bicyclic) bond motifs is 3. The maximum Gasteiger partial charge on any atom is 0.0572 e. The van der Waals surface area contributed by atoms with E-state index in [4.69, 9.17) is 0 Å². The monoisotopic (exact) mass is 470 g/mol. The van der Waals surface area contributed by atoms with Gasteiger partial charge in [0.05, 0.1) is 22.4 Å². The lowest BCUT2D eigenvalue weighted by Gasteiger charge is -2.25. The van der Waals surface area contributed by atoms with Gasteiger partial charge in [-0.2, -0.15) is 0 Å². The van der Waals surface area contributed by atoms with Gasteiger partial charge in [-0.25, -0.2) is 0 Å². The number of nitrogens with zero attached hydrogens (tertiary/aromatic N) is 4. The molecule has 0 saturated carbocycles. The summed E-state index contributed by atoms with van der Waals surface area (Å²) < 4.78 is 4.74. The molecular weight excluding hydrogens is 440 g/mol. The van der Waals surface area contributed by atoms with Crippen LogP contribution in [0.3, 0.4) is 0 Å². The first kappa shape index (κ1) is 22.3. The molecule has 4 nitrogen and oxygen atoms in total. The summed E-state index contributed by atoms with van der Waals surface area (Å²) in [4.78, 5) is 8.81.